The van der Waals surface area contributed by atoms with Crippen molar-refractivity contribution in [2.75, 3.05) is 6.26 Å². The number of hydrogen-bond donors (Lipinski definition) is 0. The maximum absolute atomic E-state index is 11.6. The van der Waals surface area contributed by atoms with Gasteiger partial charge >= 0.3 is 0 Å². The summed E-state index contributed by atoms with van der Waals surface area (Å²) in [6.45, 7) is 6.55. The molecule has 1 heterocycles. The molecule has 1 aromatic rings. The van der Waals surface area contributed by atoms with E-state index in [1.165, 1.54) is 11.5 Å². The number of nitrogens with zero attached hydrogens (tertiary/aromatic N) is 3. The molecule has 0 fully saturated rings. The SMILES string of the molecule is CC(c1nnc(S(=O)(=O)Cl)n1C(C)(C)C)S(C)(=O)=O. The Morgan fingerprint density at radius 1 is 1.16 bits per heavy atom. The Morgan fingerprint density at radius 2 is 1.63 bits per heavy atom. The van der Waals surface area contributed by atoms with Gasteiger partial charge in [0.1, 0.15) is 5.25 Å². The molecule has 0 aliphatic carbocycles. The van der Waals surface area contributed by atoms with E-state index in [1.54, 1.807) is 20.8 Å². The lowest BCUT2D eigenvalue weighted by atomic mass is 10.1. The standard InChI is InChI=1S/C9H16ClN3O4S2/c1-6(18(5,14)15)7-11-12-8(19(10,16)17)13(7)9(2,3)4/h6H,1-5H3. The van der Waals surface area contributed by atoms with Crippen LogP contribution in [0, 0.1) is 0 Å². The monoisotopic (exact) mass is 329 g/mol. The molecule has 1 atom stereocenters. The zero-order valence-corrected chi connectivity index (χ0v) is 13.6. The predicted molar refractivity (Wildman–Crippen MR) is 71.3 cm³/mol. The lowest BCUT2D eigenvalue weighted by Gasteiger charge is -2.25. The highest BCUT2D eigenvalue weighted by Crippen LogP contribution is 2.29. The van der Waals surface area contributed by atoms with Gasteiger partial charge in [-0.25, -0.2) is 16.8 Å². The first-order valence-electron chi connectivity index (χ1n) is 5.35. The van der Waals surface area contributed by atoms with Crippen LogP contribution in [0.1, 0.15) is 38.8 Å². The third-order valence-electron chi connectivity index (χ3n) is 2.55. The minimum absolute atomic E-state index is 0.0502. The third kappa shape index (κ3) is 3.46. The molecule has 0 aromatic carbocycles. The second-order valence-corrected chi connectivity index (χ2v) is 10.1. The van der Waals surface area contributed by atoms with Gasteiger partial charge in [0.2, 0.25) is 0 Å². The molecule has 0 bridgehead atoms. The second kappa shape index (κ2) is 4.71. The number of aromatic nitrogens is 3. The molecule has 110 valence electrons. The van der Waals surface area contributed by atoms with Gasteiger partial charge in [-0.05, 0) is 27.7 Å². The summed E-state index contributed by atoms with van der Waals surface area (Å²) in [6, 6.07) is 0. The van der Waals surface area contributed by atoms with E-state index in [0.29, 0.717) is 0 Å². The highest BCUT2D eigenvalue weighted by molar-refractivity contribution is 8.13. The molecule has 1 unspecified atom stereocenters. The van der Waals surface area contributed by atoms with Crippen molar-refractivity contribution in [2.24, 2.45) is 0 Å². The van der Waals surface area contributed by atoms with Crippen molar-refractivity contribution >= 4 is 29.6 Å². The van der Waals surface area contributed by atoms with Gasteiger partial charge in [-0.15, -0.1) is 10.2 Å². The van der Waals surface area contributed by atoms with E-state index in [0.717, 1.165) is 6.26 Å². The summed E-state index contributed by atoms with van der Waals surface area (Å²) in [5.41, 5.74) is -0.727. The van der Waals surface area contributed by atoms with E-state index in [-0.39, 0.29) is 5.82 Å². The van der Waals surface area contributed by atoms with Crippen molar-refractivity contribution in [1.29, 1.82) is 0 Å². The summed E-state index contributed by atoms with van der Waals surface area (Å²) in [4.78, 5) is 0. The maximum atomic E-state index is 11.6. The molecule has 10 heteroatoms. The molecule has 19 heavy (non-hydrogen) atoms. The van der Waals surface area contributed by atoms with Crippen LogP contribution >= 0.6 is 10.7 Å². The number of rotatable bonds is 3. The summed E-state index contributed by atoms with van der Waals surface area (Å²) in [5.74, 6) is 0.0502. The molecular formula is C9H16ClN3O4S2. The summed E-state index contributed by atoms with van der Waals surface area (Å²) in [7, 11) is -2.24. The molecule has 0 amide bonds. The van der Waals surface area contributed by atoms with E-state index in [1.807, 2.05) is 0 Å². The molecule has 0 radical (unpaired) electrons. The normalized spacial score (nSPS) is 15.5. The van der Waals surface area contributed by atoms with E-state index < -0.39 is 34.8 Å². The molecule has 7 nitrogen and oxygen atoms in total. The Labute approximate surface area is 117 Å². The summed E-state index contributed by atoms with van der Waals surface area (Å²) >= 11 is 0. The van der Waals surface area contributed by atoms with Gasteiger partial charge in [-0.2, -0.15) is 0 Å². The first kappa shape index (κ1) is 16.4. The fraction of sp³-hybridized carbons (Fsp3) is 0.778. The molecule has 0 saturated heterocycles. The zero-order chi connectivity index (χ0) is 15.2. The van der Waals surface area contributed by atoms with Crippen LogP contribution in [-0.2, 0) is 24.4 Å². The minimum atomic E-state index is -4.11. The van der Waals surface area contributed by atoms with Crippen LogP contribution in [0.2, 0.25) is 0 Å². The fourth-order valence-corrected chi connectivity index (χ4v) is 3.08. The average molecular weight is 330 g/mol. The first-order valence-corrected chi connectivity index (χ1v) is 9.62. The van der Waals surface area contributed by atoms with Crippen molar-refractivity contribution < 1.29 is 16.8 Å². The smallest absolute Gasteiger partial charge is 0.294 e. The van der Waals surface area contributed by atoms with Crippen LogP contribution in [0.25, 0.3) is 0 Å². The van der Waals surface area contributed by atoms with Gasteiger partial charge in [-0.1, -0.05) is 0 Å². The predicted octanol–water partition coefficient (Wildman–Crippen LogP) is 1.07. The van der Waals surface area contributed by atoms with Crippen LogP contribution in [0.15, 0.2) is 5.16 Å². The van der Waals surface area contributed by atoms with Crippen molar-refractivity contribution in [3.8, 4) is 0 Å². The first-order chi connectivity index (χ1) is 8.26. The molecule has 1 aromatic heterocycles. The van der Waals surface area contributed by atoms with E-state index in [2.05, 4.69) is 10.2 Å². The molecule has 0 N–H and O–H groups in total. The van der Waals surface area contributed by atoms with E-state index >= 15 is 0 Å². The van der Waals surface area contributed by atoms with Crippen LogP contribution < -0.4 is 0 Å². The van der Waals surface area contributed by atoms with Gasteiger partial charge in [-0.3, -0.25) is 4.57 Å². The van der Waals surface area contributed by atoms with Gasteiger partial charge in [0.15, 0.2) is 15.7 Å². The van der Waals surface area contributed by atoms with Crippen LogP contribution in [0.5, 0.6) is 0 Å². The Bertz CT molecular complexity index is 686. The Hall–Kier alpha value is -0.670. The molecule has 1 rings (SSSR count). The quantitative estimate of drug-likeness (QED) is 0.769. The maximum Gasteiger partial charge on any atom is 0.296 e. The van der Waals surface area contributed by atoms with Crippen LogP contribution in [0.4, 0.5) is 0 Å². The fourth-order valence-electron chi connectivity index (χ4n) is 1.52. The van der Waals surface area contributed by atoms with E-state index in [9.17, 15) is 16.8 Å². The van der Waals surface area contributed by atoms with Crippen molar-refractivity contribution in [1.82, 2.24) is 14.8 Å². The second-order valence-electron chi connectivity index (χ2n) is 5.26. The van der Waals surface area contributed by atoms with Gasteiger partial charge in [0.05, 0.1) is 0 Å². The summed E-state index contributed by atoms with van der Waals surface area (Å²) in [5, 5.41) is 5.77. The highest BCUT2D eigenvalue weighted by atomic mass is 35.7. The molecule has 0 aliphatic rings. The average Bonchev–Trinajstić information content (AvgIpc) is 2.56. The Kier molecular flexibility index (Phi) is 4.06. The van der Waals surface area contributed by atoms with E-state index in [4.69, 9.17) is 10.7 Å². The van der Waals surface area contributed by atoms with Crippen molar-refractivity contribution in [3.05, 3.63) is 5.82 Å². The molecule has 0 spiro atoms. The lowest BCUT2D eigenvalue weighted by molar-refractivity contribution is 0.350. The van der Waals surface area contributed by atoms with Crippen molar-refractivity contribution in [2.45, 2.75) is 43.6 Å². The summed E-state index contributed by atoms with van der Waals surface area (Å²) in [6.07, 6.45) is 1.05. The van der Waals surface area contributed by atoms with Crippen molar-refractivity contribution in [3.63, 3.8) is 0 Å². The third-order valence-corrected chi connectivity index (χ3v) is 5.16. The summed E-state index contributed by atoms with van der Waals surface area (Å²) < 4.78 is 47.4. The molecular weight excluding hydrogens is 314 g/mol. The Balaban J connectivity index is 3.67. The van der Waals surface area contributed by atoms with Crippen LogP contribution in [-0.4, -0.2) is 37.9 Å². The minimum Gasteiger partial charge on any atom is -0.294 e. The number of halogens is 1. The van der Waals surface area contributed by atoms with Gasteiger partial charge in [0, 0.05) is 22.5 Å². The van der Waals surface area contributed by atoms with Gasteiger partial charge in [0.25, 0.3) is 14.2 Å². The number of sulfone groups is 1. The van der Waals surface area contributed by atoms with Gasteiger partial charge < -0.3 is 0 Å². The zero-order valence-electron chi connectivity index (χ0n) is 11.2. The highest BCUT2D eigenvalue weighted by Gasteiger charge is 2.34. The topological polar surface area (TPSA) is 99.0 Å². The van der Waals surface area contributed by atoms with Crippen LogP contribution in [0.3, 0.4) is 0 Å². The number of hydrogen-bond acceptors (Lipinski definition) is 6. The molecule has 0 aliphatic heterocycles. The largest absolute Gasteiger partial charge is 0.296 e. The molecule has 0 saturated carbocycles. The lowest BCUT2D eigenvalue weighted by Crippen LogP contribution is -2.29. The Morgan fingerprint density at radius 3 is 1.95 bits per heavy atom.